The molecule has 2 nitrogen and oxygen atoms in total. The van der Waals surface area contributed by atoms with Crippen molar-refractivity contribution in [1.29, 1.82) is 0 Å². The van der Waals surface area contributed by atoms with Crippen LogP contribution in [0.4, 0.5) is 0 Å². The Balaban J connectivity index is 0.000000310. The summed E-state index contributed by atoms with van der Waals surface area (Å²) in [4.78, 5) is 10.2. The van der Waals surface area contributed by atoms with Crippen molar-refractivity contribution in [2.24, 2.45) is 0 Å². The SMILES string of the molecule is O=C(O)c1ccccc1.[CH2]CCC. The summed E-state index contributed by atoms with van der Waals surface area (Å²) in [6.07, 6.45) is 2.28. The van der Waals surface area contributed by atoms with Gasteiger partial charge < -0.3 is 5.11 Å². The van der Waals surface area contributed by atoms with Crippen LogP contribution in [0.15, 0.2) is 30.3 Å². The normalized spacial score (nSPS) is 8.46. The minimum absolute atomic E-state index is 0.331. The van der Waals surface area contributed by atoms with Crippen molar-refractivity contribution in [3.8, 4) is 0 Å². The molecule has 0 saturated heterocycles. The van der Waals surface area contributed by atoms with E-state index in [4.69, 9.17) is 5.11 Å². The second-order valence-electron chi connectivity index (χ2n) is 2.52. The van der Waals surface area contributed by atoms with Crippen LogP contribution in [0.5, 0.6) is 0 Å². The summed E-state index contributed by atoms with van der Waals surface area (Å²) in [6.45, 7) is 5.72. The lowest BCUT2D eigenvalue weighted by Crippen LogP contribution is -1.93. The fraction of sp³-hybridized carbons (Fsp3) is 0.273. The highest BCUT2D eigenvalue weighted by atomic mass is 16.4. The van der Waals surface area contributed by atoms with E-state index in [1.165, 1.54) is 6.42 Å². The van der Waals surface area contributed by atoms with E-state index in [1.807, 2.05) is 0 Å². The van der Waals surface area contributed by atoms with Crippen molar-refractivity contribution in [1.82, 2.24) is 0 Å². The number of hydrogen-bond acceptors (Lipinski definition) is 1. The summed E-state index contributed by atoms with van der Waals surface area (Å²) in [7, 11) is 0. The molecule has 0 amide bonds. The average Bonchev–Trinajstić information content (AvgIpc) is 2.19. The van der Waals surface area contributed by atoms with Crippen molar-refractivity contribution in [2.45, 2.75) is 19.8 Å². The van der Waals surface area contributed by atoms with Crippen molar-refractivity contribution in [3.05, 3.63) is 42.8 Å². The largest absolute Gasteiger partial charge is 0.478 e. The molecule has 0 atom stereocenters. The Bertz CT molecular complexity index is 227. The van der Waals surface area contributed by atoms with E-state index in [9.17, 15) is 4.79 Å². The molecular weight excluding hydrogens is 164 g/mol. The first-order chi connectivity index (χ1) is 6.22. The smallest absolute Gasteiger partial charge is 0.335 e. The monoisotopic (exact) mass is 179 g/mol. The molecule has 0 aromatic heterocycles. The van der Waals surface area contributed by atoms with Gasteiger partial charge in [0.1, 0.15) is 0 Å². The maximum atomic E-state index is 10.2. The fourth-order valence-corrected chi connectivity index (χ4v) is 0.581. The minimum Gasteiger partial charge on any atom is -0.478 e. The van der Waals surface area contributed by atoms with Gasteiger partial charge >= 0.3 is 5.97 Å². The highest BCUT2D eigenvalue weighted by Crippen LogP contribution is 1.96. The van der Waals surface area contributed by atoms with Gasteiger partial charge in [0.15, 0.2) is 0 Å². The van der Waals surface area contributed by atoms with Gasteiger partial charge in [0, 0.05) is 0 Å². The molecule has 0 spiro atoms. The van der Waals surface area contributed by atoms with Gasteiger partial charge in [0.2, 0.25) is 0 Å². The van der Waals surface area contributed by atoms with Gasteiger partial charge in [-0.15, -0.1) is 0 Å². The molecule has 0 aliphatic heterocycles. The topological polar surface area (TPSA) is 37.3 Å². The van der Waals surface area contributed by atoms with E-state index in [0.29, 0.717) is 5.56 Å². The lowest BCUT2D eigenvalue weighted by molar-refractivity contribution is 0.0697. The predicted molar refractivity (Wildman–Crippen MR) is 53.7 cm³/mol. The van der Waals surface area contributed by atoms with Gasteiger partial charge in [-0.1, -0.05) is 44.9 Å². The quantitative estimate of drug-likeness (QED) is 0.757. The van der Waals surface area contributed by atoms with Gasteiger partial charge in [-0.05, 0) is 12.1 Å². The zero-order valence-electron chi connectivity index (χ0n) is 7.86. The molecule has 1 aromatic rings. The van der Waals surface area contributed by atoms with Gasteiger partial charge in [0.25, 0.3) is 0 Å². The van der Waals surface area contributed by atoms with Crippen LogP contribution in [0.3, 0.4) is 0 Å². The molecule has 0 saturated carbocycles. The summed E-state index contributed by atoms with van der Waals surface area (Å²) in [5.41, 5.74) is 0.331. The molecule has 0 fully saturated rings. The first-order valence-corrected chi connectivity index (χ1v) is 4.30. The van der Waals surface area contributed by atoms with Crippen LogP contribution >= 0.6 is 0 Å². The van der Waals surface area contributed by atoms with E-state index >= 15 is 0 Å². The lowest BCUT2D eigenvalue weighted by atomic mass is 10.2. The van der Waals surface area contributed by atoms with Crippen LogP contribution in [0.2, 0.25) is 0 Å². The predicted octanol–water partition coefficient (Wildman–Crippen LogP) is 3.01. The summed E-state index contributed by atoms with van der Waals surface area (Å²) < 4.78 is 0. The summed E-state index contributed by atoms with van der Waals surface area (Å²) in [5.74, 6) is -0.879. The Morgan fingerprint density at radius 3 is 2.08 bits per heavy atom. The van der Waals surface area contributed by atoms with Crippen molar-refractivity contribution in [2.75, 3.05) is 0 Å². The van der Waals surface area contributed by atoms with E-state index in [2.05, 4.69) is 13.8 Å². The number of rotatable bonds is 2. The van der Waals surface area contributed by atoms with Crippen molar-refractivity contribution in [3.63, 3.8) is 0 Å². The zero-order valence-corrected chi connectivity index (χ0v) is 7.86. The zero-order chi connectivity index (χ0) is 10.1. The van der Waals surface area contributed by atoms with Gasteiger partial charge in [-0.3, -0.25) is 0 Å². The van der Waals surface area contributed by atoms with E-state index in [0.717, 1.165) is 6.42 Å². The fourth-order valence-electron chi connectivity index (χ4n) is 0.581. The number of aromatic carboxylic acids is 1. The van der Waals surface area contributed by atoms with Gasteiger partial charge in [0.05, 0.1) is 5.56 Å². The van der Waals surface area contributed by atoms with Gasteiger partial charge in [-0.25, -0.2) is 4.79 Å². The maximum absolute atomic E-state index is 10.2. The Labute approximate surface area is 79.2 Å². The third-order valence-corrected chi connectivity index (χ3v) is 1.37. The van der Waals surface area contributed by atoms with Crippen LogP contribution < -0.4 is 0 Å². The number of carboxylic acids is 1. The highest BCUT2D eigenvalue weighted by Gasteiger charge is 1.96. The molecule has 71 valence electrons. The number of benzene rings is 1. The van der Waals surface area contributed by atoms with Crippen molar-refractivity contribution < 1.29 is 9.90 Å². The van der Waals surface area contributed by atoms with Crippen LogP contribution in [0, 0.1) is 6.92 Å². The number of hydrogen-bond donors (Lipinski definition) is 1. The summed E-state index contributed by atoms with van der Waals surface area (Å²) in [6, 6.07) is 8.30. The van der Waals surface area contributed by atoms with Crippen molar-refractivity contribution >= 4 is 5.97 Å². The molecule has 1 radical (unpaired) electrons. The number of carboxylic acid groups (broad SMARTS) is 1. The molecule has 1 N–H and O–H groups in total. The average molecular weight is 179 g/mol. The van der Waals surface area contributed by atoms with E-state index in [1.54, 1.807) is 30.3 Å². The highest BCUT2D eigenvalue weighted by molar-refractivity contribution is 5.87. The second-order valence-corrected chi connectivity index (χ2v) is 2.52. The minimum atomic E-state index is -0.879. The third-order valence-electron chi connectivity index (χ3n) is 1.37. The Kier molecular flexibility index (Phi) is 6.60. The Hall–Kier alpha value is -1.31. The molecule has 0 unspecified atom stereocenters. The maximum Gasteiger partial charge on any atom is 0.335 e. The molecule has 13 heavy (non-hydrogen) atoms. The second kappa shape index (κ2) is 7.35. The van der Waals surface area contributed by atoms with Crippen LogP contribution in [0.1, 0.15) is 30.1 Å². The Morgan fingerprint density at radius 1 is 1.38 bits per heavy atom. The van der Waals surface area contributed by atoms with E-state index in [-0.39, 0.29) is 0 Å². The lowest BCUT2D eigenvalue weighted by Gasteiger charge is -1.88. The van der Waals surface area contributed by atoms with E-state index < -0.39 is 5.97 Å². The molecule has 0 bridgehead atoms. The third kappa shape index (κ3) is 5.91. The first-order valence-electron chi connectivity index (χ1n) is 4.30. The summed E-state index contributed by atoms with van der Waals surface area (Å²) in [5, 5.41) is 8.38. The van der Waals surface area contributed by atoms with Gasteiger partial charge in [-0.2, -0.15) is 0 Å². The number of unbranched alkanes of at least 4 members (excludes halogenated alkanes) is 1. The Morgan fingerprint density at radius 2 is 1.85 bits per heavy atom. The number of carbonyl (C=O) groups is 1. The molecule has 1 aromatic carbocycles. The van der Waals surface area contributed by atoms with Crippen LogP contribution in [-0.2, 0) is 0 Å². The molecule has 0 aliphatic rings. The molecule has 2 heteroatoms. The first kappa shape index (κ1) is 11.7. The molecule has 0 aliphatic carbocycles. The molecular formula is C11H15O2. The summed E-state index contributed by atoms with van der Waals surface area (Å²) >= 11 is 0. The van der Waals surface area contributed by atoms with Crippen LogP contribution in [-0.4, -0.2) is 11.1 Å². The molecule has 1 rings (SSSR count). The standard InChI is InChI=1S/C7H6O2.C4H9/c8-7(9)6-4-2-1-3-5-6;1-3-4-2/h1-5H,(H,8,9);1,3-4H2,2H3. The van der Waals surface area contributed by atoms with Crippen LogP contribution in [0.25, 0.3) is 0 Å². The molecule has 0 heterocycles.